The maximum absolute atomic E-state index is 6.67. The number of nitrogens with zero attached hydrogens (tertiary/aromatic N) is 1. The summed E-state index contributed by atoms with van der Waals surface area (Å²) in [5, 5.41) is 7.15. The highest BCUT2D eigenvalue weighted by atomic mass is 16.3. The van der Waals surface area contributed by atoms with Gasteiger partial charge >= 0.3 is 0 Å². The number of hydrogen-bond donors (Lipinski definition) is 0. The van der Waals surface area contributed by atoms with E-state index >= 15 is 0 Å². The second-order valence-electron chi connectivity index (χ2n) is 13.7. The molecular formula is C47H33NO. The molecule has 0 saturated carbocycles. The Kier molecular flexibility index (Phi) is 5.95. The van der Waals surface area contributed by atoms with E-state index in [1.807, 2.05) is 0 Å². The monoisotopic (exact) mass is 627 g/mol. The van der Waals surface area contributed by atoms with Crippen molar-refractivity contribution in [2.45, 2.75) is 19.3 Å². The standard InChI is InChI=1S/C47H33NO/c1-47(2)40-18-10-8-16-36(40)37-27-25-34(28-41(37)47)48(33-23-20-31(21-24-33)30-12-4-3-5-13-30)42-29-44-46(39-17-9-11-19-43(39)49-44)45-35-15-7-6-14-32(35)22-26-38(42)45/h3-29H,1-2H3. The van der Waals surface area contributed by atoms with Gasteiger partial charge in [-0.25, -0.2) is 0 Å². The lowest BCUT2D eigenvalue weighted by molar-refractivity contribution is 0.660. The van der Waals surface area contributed by atoms with E-state index in [0.717, 1.165) is 39.0 Å². The molecule has 0 fully saturated rings. The summed E-state index contributed by atoms with van der Waals surface area (Å²) < 4.78 is 6.67. The molecule has 9 aromatic rings. The molecule has 0 N–H and O–H groups in total. The van der Waals surface area contributed by atoms with E-state index in [0.29, 0.717) is 0 Å². The van der Waals surface area contributed by atoms with Crippen LogP contribution >= 0.6 is 0 Å². The summed E-state index contributed by atoms with van der Waals surface area (Å²) in [6.07, 6.45) is 0. The lowest BCUT2D eigenvalue weighted by Crippen LogP contribution is -2.16. The van der Waals surface area contributed by atoms with Crippen LogP contribution in [0.25, 0.3) is 65.7 Å². The van der Waals surface area contributed by atoms with E-state index in [1.54, 1.807) is 0 Å². The average molecular weight is 628 g/mol. The molecule has 0 aliphatic heterocycles. The molecule has 232 valence electrons. The predicted octanol–water partition coefficient (Wildman–Crippen LogP) is 13.3. The molecule has 1 heterocycles. The molecule has 0 saturated heterocycles. The average Bonchev–Trinajstić information content (AvgIpc) is 3.64. The third-order valence-corrected chi connectivity index (χ3v) is 10.6. The molecular weight excluding hydrogens is 595 g/mol. The Morgan fingerprint density at radius 2 is 1.12 bits per heavy atom. The molecule has 8 aromatic carbocycles. The van der Waals surface area contributed by atoms with Crippen LogP contribution in [-0.4, -0.2) is 0 Å². The first-order valence-electron chi connectivity index (χ1n) is 17.0. The number of para-hydroxylation sites is 1. The molecule has 0 bridgehead atoms. The fourth-order valence-corrected chi connectivity index (χ4v) is 8.26. The molecule has 0 atom stereocenters. The van der Waals surface area contributed by atoms with E-state index in [2.05, 4.69) is 183 Å². The summed E-state index contributed by atoms with van der Waals surface area (Å²) in [6.45, 7) is 4.70. The zero-order valence-electron chi connectivity index (χ0n) is 27.4. The van der Waals surface area contributed by atoms with E-state index < -0.39 is 0 Å². The highest BCUT2D eigenvalue weighted by Gasteiger charge is 2.36. The van der Waals surface area contributed by atoms with Crippen molar-refractivity contribution in [3.63, 3.8) is 0 Å². The van der Waals surface area contributed by atoms with Gasteiger partial charge in [-0.2, -0.15) is 0 Å². The maximum Gasteiger partial charge on any atom is 0.138 e. The second-order valence-corrected chi connectivity index (χ2v) is 13.7. The lowest BCUT2D eigenvalue weighted by atomic mass is 9.82. The highest BCUT2D eigenvalue weighted by molar-refractivity contribution is 6.29. The summed E-state index contributed by atoms with van der Waals surface area (Å²) in [6, 6.07) is 59.4. The third-order valence-electron chi connectivity index (χ3n) is 10.6. The molecule has 0 unspecified atom stereocenters. The largest absolute Gasteiger partial charge is 0.456 e. The van der Waals surface area contributed by atoms with Crippen molar-refractivity contribution in [2.75, 3.05) is 4.90 Å². The number of hydrogen-bond acceptors (Lipinski definition) is 2. The van der Waals surface area contributed by atoms with Crippen LogP contribution in [0.2, 0.25) is 0 Å². The molecule has 1 aliphatic rings. The Morgan fingerprint density at radius 1 is 0.449 bits per heavy atom. The predicted molar refractivity (Wildman–Crippen MR) is 206 cm³/mol. The van der Waals surface area contributed by atoms with Crippen LogP contribution in [-0.2, 0) is 5.41 Å². The van der Waals surface area contributed by atoms with Gasteiger partial charge in [0.1, 0.15) is 11.2 Å². The lowest BCUT2D eigenvalue weighted by Gasteiger charge is -2.29. The van der Waals surface area contributed by atoms with Gasteiger partial charge in [0.05, 0.1) is 5.69 Å². The molecule has 2 heteroatoms. The van der Waals surface area contributed by atoms with E-state index in [4.69, 9.17) is 4.42 Å². The van der Waals surface area contributed by atoms with Crippen molar-refractivity contribution >= 4 is 60.5 Å². The van der Waals surface area contributed by atoms with Gasteiger partial charge in [-0.05, 0) is 74.5 Å². The number of benzene rings is 8. The summed E-state index contributed by atoms with van der Waals surface area (Å²) in [7, 11) is 0. The Hall–Kier alpha value is -6.12. The van der Waals surface area contributed by atoms with Crippen molar-refractivity contribution in [2.24, 2.45) is 0 Å². The minimum atomic E-state index is -0.119. The SMILES string of the molecule is CC1(C)c2ccccc2-c2ccc(N(c3ccc(-c4ccccc4)cc3)c3cc4oc5ccccc5c4c4c3ccc3ccccc34)cc21. The van der Waals surface area contributed by atoms with Crippen molar-refractivity contribution < 1.29 is 4.42 Å². The molecule has 0 amide bonds. The van der Waals surface area contributed by atoms with Gasteiger partial charge < -0.3 is 9.32 Å². The second kappa shape index (κ2) is 10.4. The molecule has 0 radical (unpaired) electrons. The summed E-state index contributed by atoms with van der Waals surface area (Å²) in [5.41, 5.74) is 12.7. The zero-order valence-corrected chi connectivity index (χ0v) is 27.4. The first-order chi connectivity index (χ1) is 24.1. The maximum atomic E-state index is 6.67. The van der Waals surface area contributed by atoms with Gasteiger partial charge in [-0.3, -0.25) is 0 Å². The number of fused-ring (bicyclic) bond motifs is 10. The van der Waals surface area contributed by atoms with Gasteiger partial charge in [-0.1, -0.05) is 141 Å². The van der Waals surface area contributed by atoms with Gasteiger partial charge in [0, 0.05) is 44.4 Å². The van der Waals surface area contributed by atoms with Crippen molar-refractivity contribution in [1.82, 2.24) is 0 Å². The smallest absolute Gasteiger partial charge is 0.138 e. The summed E-state index contributed by atoms with van der Waals surface area (Å²) in [4.78, 5) is 2.43. The van der Waals surface area contributed by atoms with Crippen molar-refractivity contribution in [3.8, 4) is 22.3 Å². The highest BCUT2D eigenvalue weighted by Crippen LogP contribution is 2.52. The zero-order chi connectivity index (χ0) is 32.7. The summed E-state index contributed by atoms with van der Waals surface area (Å²) >= 11 is 0. The van der Waals surface area contributed by atoms with E-state index in [-0.39, 0.29) is 5.41 Å². The topological polar surface area (TPSA) is 16.4 Å². The molecule has 0 spiro atoms. The van der Waals surface area contributed by atoms with E-state index in [9.17, 15) is 0 Å². The molecule has 2 nitrogen and oxygen atoms in total. The minimum absolute atomic E-state index is 0.119. The van der Waals surface area contributed by atoms with Crippen molar-refractivity contribution in [1.29, 1.82) is 0 Å². The van der Waals surface area contributed by atoms with Crippen LogP contribution in [0.1, 0.15) is 25.0 Å². The molecule has 10 rings (SSSR count). The van der Waals surface area contributed by atoms with Crippen LogP contribution in [0.3, 0.4) is 0 Å². The van der Waals surface area contributed by atoms with Crippen LogP contribution in [0.15, 0.2) is 168 Å². The Morgan fingerprint density at radius 3 is 1.98 bits per heavy atom. The Bertz CT molecular complexity index is 2730. The van der Waals surface area contributed by atoms with E-state index in [1.165, 1.54) is 54.9 Å². The van der Waals surface area contributed by atoms with Crippen LogP contribution in [0.4, 0.5) is 17.1 Å². The van der Waals surface area contributed by atoms with Crippen molar-refractivity contribution in [3.05, 3.63) is 175 Å². The third kappa shape index (κ3) is 4.14. The molecule has 1 aromatic heterocycles. The normalized spacial score (nSPS) is 13.3. The fraction of sp³-hybridized carbons (Fsp3) is 0.0638. The fourth-order valence-electron chi connectivity index (χ4n) is 8.26. The quantitative estimate of drug-likeness (QED) is 0.181. The van der Waals surface area contributed by atoms with Crippen LogP contribution in [0.5, 0.6) is 0 Å². The number of rotatable bonds is 4. The van der Waals surface area contributed by atoms with Gasteiger partial charge in [-0.15, -0.1) is 0 Å². The molecule has 1 aliphatic carbocycles. The Labute approximate surface area is 285 Å². The first-order valence-corrected chi connectivity index (χ1v) is 17.0. The Balaban J connectivity index is 1.28. The van der Waals surface area contributed by atoms with Gasteiger partial charge in [0.25, 0.3) is 0 Å². The van der Waals surface area contributed by atoms with Gasteiger partial charge in [0.15, 0.2) is 0 Å². The molecule has 49 heavy (non-hydrogen) atoms. The van der Waals surface area contributed by atoms with Gasteiger partial charge in [0.2, 0.25) is 0 Å². The van der Waals surface area contributed by atoms with Crippen LogP contribution < -0.4 is 4.90 Å². The number of anilines is 3. The summed E-state index contributed by atoms with van der Waals surface area (Å²) in [5.74, 6) is 0. The first kappa shape index (κ1) is 27.9. The number of furan rings is 1. The minimum Gasteiger partial charge on any atom is -0.456 e. The van der Waals surface area contributed by atoms with Crippen LogP contribution in [0, 0.1) is 0 Å².